The summed E-state index contributed by atoms with van der Waals surface area (Å²) < 4.78 is 0. The maximum atomic E-state index is 6.23. The summed E-state index contributed by atoms with van der Waals surface area (Å²) in [4.78, 5) is 2.34. The Bertz CT molecular complexity index is 419. The third kappa shape index (κ3) is 4.35. The Morgan fingerprint density at radius 3 is 2.53 bits per heavy atom. The Hall–Kier alpha value is -0.280. The van der Waals surface area contributed by atoms with Crippen molar-refractivity contribution in [2.75, 3.05) is 13.6 Å². The topological polar surface area (TPSA) is 29.3 Å². The van der Waals surface area contributed by atoms with E-state index in [1.54, 1.807) is 6.07 Å². The Kier molecular flexibility index (Phi) is 6.13. The van der Waals surface area contributed by atoms with Crippen LogP contribution in [-0.2, 0) is 0 Å². The molecule has 0 bridgehead atoms. The van der Waals surface area contributed by atoms with Crippen LogP contribution in [0.1, 0.15) is 45.2 Å². The molecule has 0 aliphatic heterocycles. The molecule has 2 nitrogen and oxygen atoms in total. The second-order valence-corrected chi connectivity index (χ2v) is 6.41. The Morgan fingerprint density at radius 1 is 1.32 bits per heavy atom. The van der Waals surface area contributed by atoms with Crippen LogP contribution in [0.25, 0.3) is 0 Å². The van der Waals surface area contributed by atoms with Gasteiger partial charge in [-0.15, -0.1) is 0 Å². The van der Waals surface area contributed by atoms with Gasteiger partial charge in [0.1, 0.15) is 0 Å². The minimum Gasteiger partial charge on any atom is -0.324 e. The van der Waals surface area contributed by atoms with Crippen molar-refractivity contribution < 1.29 is 0 Å². The predicted octanol–water partition coefficient (Wildman–Crippen LogP) is 4.50. The van der Waals surface area contributed by atoms with E-state index in [1.807, 2.05) is 12.1 Å². The van der Waals surface area contributed by atoms with Gasteiger partial charge in [0.15, 0.2) is 0 Å². The fourth-order valence-corrected chi connectivity index (χ4v) is 2.32. The molecule has 1 rings (SSSR count). The number of hydrogen-bond donors (Lipinski definition) is 1. The molecule has 0 heterocycles. The second kappa shape index (κ2) is 6.94. The van der Waals surface area contributed by atoms with E-state index in [2.05, 4.69) is 32.7 Å². The first-order chi connectivity index (χ1) is 8.79. The van der Waals surface area contributed by atoms with Gasteiger partial charge in [-0.2, -0.15) is 0 Å². The third-order valence-electron chi connectivity index (χ3n) is 4.06. The average molecular weight is 303 g/mol. The van der Waals surface area contributed by atoms with E-state index in [4.69, 9.17) is 28.9 Å². The van der Waals surface area contributed by atoms with E-state index in [0.717, 1.165) is 24.9 Å². The molecular formula is C15H24Cl2N2. The normalized spacial score (nSPS) is 13.9. The Morgan fingerprint density at radius 2 is 1.95 bits per heavy atom. The molecule has 0 aromatic heterocycles. The lowest BCUT2D eigenvalue weighted by Gasteiger charge is -2.35. The zero-order valence-corrected chi connectivity index (χ0v) is 13.7. The fraction of sp³-hybridized carbons (Fsp3) is 0.600. The average Bonchev–Trinajstić information content (AvgIpc) is 2.38. The van der Waals surface area contributed by atoms with Crippen LogP contribution in [0.4, 0.5) is 0 Å². The monoisotopic (exact) mass is 302 g/mol. The Balaban J connectivity index is 2.66. The van der Waals surface area contributed by atoms with Crippen LogP contribution in [0, 0.1) is 0 Å². The SMILES string of the molecule is CCC(C)(C)N(C)CCC(N)c1cccc(Cl)c1Cl. The standard InChI is InChI=1S/C15H24Cl2N2/c1-5-15(2,3)19(4)10-9-13(18)11-7-6-8-12(16)14(11)17/h6-8,13H,5,9-10,18H2,1-4H3. The van der Waals surface area contributed by atoms with Gasteiger partial charge < -0.3 is 10.6 Å². The molecule has 0 saturated heterocycles. The van der Waals surface area contributed by atoms with Gasteiger partial charge in [0.25, 0.3) is 0 Å². The summed E-state index contributed by atoms with van der Waals surface area (Å²) in [5, 5.41) is 1.14. The number of nitrogens with zero attached hydrogens (tertiary/aromatic N) is 1. The first-order valence-electron chi connectivity index (χ1n) is 6.70. The molecule has 0 amide bonds. The molecule has 4 heteroatoms. The summed E-state index contributed by atoms with van der Waals surface area (Å²) in [6, 6.07) is 5.54. The highest BCUT2D eigenvalue weighted by Crippen LogP contribution is 2.30. The molecule has 0 radical (unpaired) electrons. The van der Waals surface area contributed by atoms with Gasteiger partial charge in [0.05, 0.1) is 10.0 Å². The quantitative estimate of drug-likeness (QED) is 0.838. The van der Waals surface area contributed by atoms with Crippen molar-refractivity contribution in [2.45, 2.75) is 45.2 Å². The number of halogens is 2. The number of benzene rings is 1. The maximum Gasteiger partial charge on any atom is 0.0640 e. The van der Waals surface area contributed by atoms with Crippen LogP contribution in [0.15, 0.2) is 18.2 Å². The highest BCUT2D eigenvalue weighted by atomic mass is 35.5. The van der Waals surface area contributed by atoms with Crippen molar-refractivity contribution >= 4 is 23.2 Å². The summed E-state index contributed by atoms with van der Waals surface area (Å²) in [5.41, 5.74) is 7.35. The maximum absolute atomic E-state index is 6.23. The summed E-state index contributed by atoms with van der Waals surface area (Å²) in [5.74, 6) is 0. The van der Waals surface area contributed by atoms with Gasteiger partial charge in [-0.1, -0.05) is 42.3 Å². The van der Waals surface area contributed by atoms with E-state index in [0.29, 0.717) is 10.0 Å². The smallest absolute Gasteiger partial charge is 0.0640 e. The zero-order chi connectivity index (χ0) is 14.6. The van der Waals surface area contributed by atoms with Crippen LogP contribution in [0.5, 0.6) is 0 Å². The fourth-order valence-electron chi connectivity index (χ4n) is 1.87. The van der Waals surface area contributed by atoms with Crippen molar-refractivity contribution in [1.29, 1.82) is 0 Å². The van der Waals surface area contributed by atoms with Gasteiger partial charge in [-0.3, -0.25) is 0 Å². The molecule has 0 fully saturated rings. The van der Waals surface area contributed by atoms with E-state index in [1.165, 1.54) is 0 Å². The van der Waals surface area contributed by atoms with Crippen molar-refractivity contribution in [3.05, 3.63) is 33.8 Å². The van der Waals surface area contributed by atoms with Crippen LogP contribution in [0.2, 0.25) is 10.0 Å². The number of hydrogen-bond acceptors (Lipinski definition) is 2. The van der Waals surface area contributed by atoms with Gasteiger partial charge in [-0.05, 0) is 45.4 Å². The lowest BCUT2D eigenvalue weighted by Crippen LogP contribution is -2.41. The molecule has 1 unspecified atom stereocenters. The van der Waals surface area contributed by atoms with Crippen molar-refractivity contribution in [2.24, 2.45) is 5.73 Å². The van der Waals surface area contributed by atoms with Gasteiger partial charge >= 0.3 is 0 Å². The van der Waals surface area contributed by atoms with Crippen LogP contribution in [-0.4, -0.2) is 24.0 Å². The molecule has 2 N–H and O–H groups in total. The molecule has 108 valence electrons. The minimum absolute atomic E-state index is 0.0821. The highest BCUT2D eigenvalue weighted by molar-refractivity contribution is 6.42. The van der Waals surface area contributed by atoms with E-state index in [-0.39, 0.29) is 11.6 Å². The lowest BCUT2D eigenvalue weighted by atomic mass is 9.98. The van der Waals surface area contributed by atoms with Gasteiger partial charge in [-0.25, -0.2) is 0 Å². The first kappa shape index (κ1) is 16.8. The molecule has 0 spiro atoms. The predicted molar refractivity (Wildman–Crippen MR) is 85.0 cm³/mol. The summed E-state index contributed by atoms with van der Waals surface area (Å²) in [7, 11) is 2.13. The van der Waals surface area contributed by atoms with Crippen LogP contribution >= 0.6 is 23.2 Å². The van der Waals surface area contributed by atoms with Crippen LogP contribution in [0.3, 0.4) is 0 Å². The summed E-state index contributed by atoms with van der Waals surface area (Å²) in [6.07, 6.45) is 1.97. The highest BCUT2D eigenvalue weighted by Gasteiger charge is 2.22. The number of nitrogens with two attached hydrogens (primary N) is 1. The largest absolute Gasteiger partial charge is 0.324 e. The number of rotatable bonds is 6. The first-order valence-corrected chi connectivity index (χ1v) is 7.46. The molecule has 0 aliphatic carbocycles. The molecule has 1 atom stereocenters. The molecular weight excluding hydrogens is 279 g/mol. The van der Waals surface area contributed by atoms with E-state index < -0.39 is 0 Å². The van der Waals surface area contributed by atoms with Gasteiger partial charge in [0, 0.05) is 18.1 Å². The lowest BCUT2D eigenvalue weighted by molar-refractivity contribution is 0.146. The molecule has 0 aliphatic rings. The van der Waals surface area contributed by atoms with Crippen molar-refractivity contribution in [1.82, 2.24) is 4.90 Å². The summed E-state index contributed by atoms with van der Waals surface area (Å²) in [6.45, 7) is 7.62. The van der Waals surface area contributed by atoms with Crippen molar-refractivity contribution in [3.63, 3.8) is 0 Å². The van der Waals surface area contributed by atoms with Crippen LogP contribution < -0.4 is 5.73 Å². The molecule has 1 aromatic rings. The van der Waals surface area contributed by atoms with Gasteiger partial charge in [0.2, 0.25) is 0 Å². The van der Waals surface area contributed by atoms with Crippen molar-refractivity contribution in [3.8, 4) is 0 Å². The summed E-state index contributed by atoms with van der Waals surface area (Å²) >= 11 is 12.2. The Labute approximate surface area is 126 Å². The zero-order valence-electron chi connectivity index (χ0n) is 12.2. The van der Waals surface area contributed by atoms with E-state index in [9.17, 15) is 0 Å². The molecule has 19 heavy (non-hydrogen) atoms. The third-order valence-corrected chi connectivity index (χ3v) is 4.89. The minimum atomic E-state index is -0.0821. The van der Waals surface area contributed by atoms with E-state index >= 15 is 0 Å². The molecule has 1 aromatic carbocycles. The molecule has 0 saturated carbocycles. The second-order valence-electron chi connectivity index (χ2n) is 5.63.